The van der Waals surface area contributed by atoms with Gasteiger partial charge in [-0.3, -0.25) is 10.1 Å². The minimum Gasteiger partial charge on any atom is -0.497 e. The first kappa shape index (κ1) is 12.4. The molecule has 0 fully saturated rings. The molecule has 1 atom stereocenters. The smallest absolute Gasteiger partial charge is 0.246 e. The number of hydrogen-bond acceptors (Lipinski definition) is 4. The van der Waals surface area contributed by atoms with E-state index in [-0.39, 0.29) is 0 Å². The molecule has 1 rings (SSSR count). The summed E-state index contributed by atoms with van der Waals surface area (Å²) >= 11 is 0. The summed E-state index contributed by atoms with van der Waals surface area (Å²) in [4.78, 5) is 10.3. The molecule has 5 heteroatoms. The molecule has 0 radical (unpaired) electrons. The SMILES string of the molecule is COc1cccc(C(O)C(C)(C)[N+](=O)[O-])c1. The summed E-state index contributed by atoms with van der Waals surface area (Å²) < 4.78 is 5.00. The molecule has 0 spiro atoms. The molecule has 0 heterocycles. The first-order valence-corrected chi connectivity index (χ1v) is 4.86. The molecule has 0 saturated carbocycles. The lowest BCUT2D eigenvalue weighted by Gasteiger charge is -2.22. The highest BCUT2D eigenvalue weighted by atomic mass is 16.6. The summed E-state index contributed by atoms with van der Waals surface area (Å²) in [6, 6.07) is 6.64. The molecule has 0 saturated heterocycles. The Morgan fingerprint density at radius 2 is 2.12 bits per heavy atom. The predicted molar refractivity (Wildman–Crippen MR) is 59.0 cm³/mol. The largest absolute Gasteiger partial charge is 0.497 e. The summed E-state index contributed by atoms with van der Waals surface area (Å²) in [5, 5.41) is 20.7. The minimum atomic E-state index is -1.42. The van der Waals surface area contributed by atoms with Gasteiger partial charge in [-0.05, 0) is 17.7 Å². The number of benzene rings is 1. The highest BCUT2D eigenvalue weighted by molar-refractivity contribution is 5.30. The maximum atomic E-state index is 10.8. The number of hydrogen-bond donors (Lipinski definition) is 1. The van der Waals surface area contributed by atoms with Gasteiger partial charge in [0.05, 0.1) is 7.11 Å². The van der Waals surface area contributed by atoms with Crippen LogP contribution in [0.1, 0.15) is 25.5 Å². The fraction of sp³-hybridized carbons (Fsp3) is 0.455. The Morgan fingerprint density at radius 1 is 1.50 bits per heavy atom. The molecule has 1 aromatic carbocycles. The molecule has 0 bridgehead atoms. The Balaban J connectivity index is 3.04. The predicted octanol–water partition coefficient (Wildman–Crippen LogP) is 1.78. The highest BCUT2D eigenvalue weighted by Gasteiger charge is 2.40. The van der Waals surface area contributed by atoms with E-state index in [2.05, 4.69) is 0 Å². The molecular weight excluding hydrogens is 210 g/mol. The van der Waals surface area contributed by atoms with Crippen molar-refractivity contribution in [2.24, 2.45) is 0 Å². The van der Waals surface area contributed by atoms with E-state index in [0.717, 1.165) is 0 Å². The van der Waals surface area contributed by atoms with Gasteiger partial charge < -0.3 is 9.84 Å². The molecule has 0 aliphatic rings. The molecule has 1 aromatic rings. The zero-order valence-corrected chi connectivity index (χ0v) is 9.51. The second-order valence-electron chi connectivity index (χ2n) is 4.09. The quantitative estimate of drug-likeness (QED) is 0.626. The molecule has 0 amide bonds. The van der Waals surface area contributed by atoms with Crippen molar-refractivity contribution in [3.63, 3.8) is 0 Å². The van der Waals surface area contributed by atoms with E-state index >= 15 is 0 Å². The monoisotopic (exact) mass is 225 g/mol. The summed E-state index contributed by atoms with van der Waals surface area (Å²) in [6.07, 6.45) is -1.17. The van der Waals surface area contributed by atoms with Crippen molar-refractivity contribution >= 4 is 0 Å². The van der Waals surface area contributed by atoms with E-state index in [1.165, 1.54) is 21.0 Å². The normalized spacial score (nSPS) is 13.2. The van der Waals surface area contributed by atoms with Crippen molar-refractivity contribution in [1.29, 1.82) is 0 Å². The topological polar surface area (TPSA) is 72.6 Å². The molecule has 1 N–H and O–H groups in total. The van der Waals surface area contributed by atoms with Gasteiger partial charge in [-0.25, -0.2) is 0 Å². The average molecular weight is 225 g/mol. The van der Waals surface area contributed by atoms with Crippen LogP contribution in [0.3, 0.4) is 0 Å². The van der Waals surface area contributed by atoms with Crippen LogP contribution >= 0.6 is 0 Å². The van der Waals surface area contributed by atoms with Gasteiger partial charge in [0.2, 0.25) is 5.54 Å². The molecule has 16 heavy (non-hydrogen) atoms. The maximum Gasteiger partial charge on any atom is 0.246 e. The van der Waals surface area contributed by atoms with Crippen molar-refractivity contribution in [1.82, 2.24) is 0 Å². The summed E-state index contributed by atoms with van der Waals surface area (Å²) in [5.41, 5.74) is -0.951. The van der Waals surface area contributed by atoms with Gasteiger partial charge in [-0.1, -0.05) is 12.1 Å². The van der Waals surface area contributed by atoms with Crippen molar-refractivity contribution in [3.8, 4) is 5.75 Å². The van der Waals surface area contributed by atoms with Crippen molar-refractivity contribution in [2.75, 3.05) is 7.11 Å². The molecule has 0 aliphatic carbocycles. The fourth-order valence-corrected chi connectivity index (χ4v) is 1.32. The first-order chi connectivity index (χ1) is 7.39. The van der Waals surface area contributed by atoms with E-state index in [9.17, 15) is 15.2 Å². The van der Waals surface area contributed by atoms with E-state index in [1.807, 2.05) is 0 Å². The van der Waals surface area contributed by atoms with Crippen molar-refractivity contribution in [3.05, 3.63) is 39.9 Å². The number of nitro groups is 1. The van der Waals surface area contributed by atoms with Gasteiger partial charge >= 0.3 is 0 Å². The second kappa shape index (κ2) is 4.49. The Hall–Kier alpha value is -1.62. The highest BCUT2D eigenvalue weighted by Crippen LogP contribution is 2.29. The number of rotatable bonds is 4. The van der Waals surface area contributed by atoms with Crippen LogP contribution in [0.15, 0.2) is 24.3 Å². The van der Waals surface area contributed by atoms with Gasteiger partial charge in [0, 0.05) is 18.8 Å². The lowest BCUT2D eigenvalue weighted by Crippen LogP contribution is -2.38. The number of ether oxygens (including phenoxy) is 1. The molecular formula is C11H15NO4. The third kappa shape index (κ3) is 2.30. The van der Waals surface area contributed by atoms with Gasteiger partial charge in [0.15, 0.2) is 0 Å². The van der Waals surface area contributed by atoms with Crippen LogP contribution < -0.4 is 4.74 Å². The summed E-state index contributed by atoms with van der Waals surface area (Å²) in [6.45, 7) is 2.77. The summed E-state index contributed by atoms with van der Waals surface area (Å²) in [7, 11) is 1.50. The van der Waals surface area contributed by atoms with Crippen LogP contribution in [-0.4, -0.2) is 22.7 Å². The molecule has 88 valence electrons. The number of methoxy groups -OCH3 is 1. The third-order valence-corrected chi connectivity index (χ3v) is 2.55. The maximum absolute atomic E-state index is 10.8. The van der Waals surface area contributed by atoms with Crippen LogP contribution in [0, 0.1) is 10.1 Å². The van der Waals surface area contributed by atoms with Crippen molar-refractivity contribution < 1.29 is 14.8 Å². The van der Waals surface area contributed by atoms with Crippen LogP contribution in [0.25, 0.3) is 0 Å². The van der Waals surface area contributed by atoms with Gasteiger partial charge in [0.1, 0.15) is 11.9 Å². The lowest BCUT2D eigenvalue weighted by molar-refractivity contribution is -0.575. The van der Waals surface area contributed by atoms with Crippen LogP contribution in [0.4, 0.5) is 0 Å². The van der Waals surface area contributed by atoms with Gasteiger partial charge in [0.25, 0.3) is 0 Å². The van der Waals surface area contributed by atoms with E-state index < -0.39 is 16.6 Å². The number of aliphatic hydroxyl groups is 1. The molecule has 0 aromatic heterocycles. The van der Waals surface area contributed by atoms with Crippen molar-refractivity contribution in [2.45, 2.75) is 25.5 Å². The minimum absolute atomic E-state index is 0.473. The fourth-order valence-electron chi connectivity index (χ4n) is 1.32. The average Bonchev–Trinajstić information content (AvgIpc) is 2.27. The second-order valence-corrected chi connectivity index (χ2v) is 4.09. The third-order valence-electron chi connectivity index (χ3n) is 2.55. The Kier molecular flexibility index (Phi) is 3.49. The number of aliphatic hydroxyl groups excluding tert-OH is 1. The van der Waals surface area contributed by atoms with Crippen LogP contribution in [0.5, 0.6) is 5.75 Å². The van der Waals surface area contributed by atoms with Crippen LogP contribution in [-0.2, 0) is 0 Å². The van der Waals surface area contributed by atoms with Gasteiger partial charge in [-0.15, -0.1) is 0 Å². The number of nitrogens with zero attached hydrogens (tertiary/aromatic N) is 1. The summed E-state index contributed by atoms with van der Waals surface area (Å²) in [5.74, 6) is 0.565. The van der Waals surface area contributed by atoms with Crippen LogP contribution in [0.2, 0.25) is 0 Å². The molecule has 5 nitrogen and oxygen atoms in total. The Labute approximate surface area is 93.8 Å². The molecule has 0 aliphatic heterocycles. The Bertz CT molecular complexity index is 389. The lowest BCUT2D eigenvalue weighted by atomic mass is 9.92. The van der Waals surface area contributed by atoms with E-state index in [4.69, 9.17) is 4.74 Å². The van der Waals surface area contributed by atoms with Gasteiger partial charge in [-0.2, -0.15) is 0 Å². The zero-order valence-electron chi connectivity index (χ0n) is 9.51. The van der Waals surface area contributed by atoms with E-state index in [0.29, 0.717) is 11.3 Å². The standard InChI is InChI=1S/C11H15NO4/c1-11(2,12(14)15)10(13)8-5-4-6-9(7-8)16-3/h4-7,10,13H,1-3H3. The zero-order chi connectivity index (χ0) is 12.3. The van der Waals surface area contributed by atoms with E-state index in [1.54, 1.807) is 24.3 Å². The Morgan fingerprint density at radius 3 is 2.62 bits per heavy atom. The molecule has 1 unspecified atom stereocenters. The first-order valence-electron chi connectivity index (χ1n) is 4.86.